The first kappa shape index (κ1) is 15.2. The molecule has 0 bridgehead atoms. The van der Waals surface area contributed by atoms with Crippen molar-refractivity contribution in [2.45, 2.75) is 32.6 Å². The largest absolute Gasteiger partial charge is 0.294 e. The van der Waals surface area contributed by atoms with Crippen molar-refractivity contribution in [3.8, 4) is 0 Å². The van der Waals surface area contributed by atoms with Crippen LogP contribution in [0.15, 0.2) is 61.2 Å². The predicted molar refractivity (Wildman–Crippen MR) is 88.9 cm³/mol. The van der Waals surface area contributed by atoms with Gasteiger partial charge in [0.25, 0.3) is 0 Å². The number of carbonyl (C=O) groups excluding carboxylic acids is 1. The Morgan fingerprint density at radius 2 is 1.71 bits per heavy atom. The molecule has 0 saturated heterocycles. The predicted octanol–water partition coefficient (Wildman–Crippen LogP) is 5.24. The van der Waals surface area contributed by atoms with Gasteiger partial charge < -0.3 is 0 Å². The normalized spacial score (nSPS) is 11.9. The minimum Gasteiger partial charge on any atom is -0.294 e. The smallest absolute Gasteiger partial charge is 0.163 e. The Hall–Kier alpha value is -2.15. The topological polar surface area (TPSA) is 17.1 Å². The summed E-state index contributed by atoms with van der Waals surface area (Å²) in [7, 11) is 0. The summed E-state index contributed by atoms with van der Waals surface area (Å²) < 4.78 is 0. The fourth-order valence-electron chi connectivity index (χ4n) is 2.74. The van der Waals surface area contributed by atoms with Crippen LogP contribution in [0.2, 0.25) is 0 Å². The Morgan fingerprint density at radius 1 is 1.10 bits per heavy atom. The lowest BCUT2D eigenvalue weighted by Gasteiger charge is -2.15. The van der Waals surface area contributed by atoms with E-state index in [0.29, 0.717) is 6.42 Å². The van der Waals surface area contributed by atoms with E-state index in [0.717, 1.165) is 23.1 Å². The van der Waals surface area contributed by atoms with Crippen LogP contribution in [0.25, 0.3) is 0 Å². The fourth-order valence-corrected chi connectivity index (χ4v) is 2.74. The third-order valence-electron chi connectivity index (χ3n) is 3.70. The summed E-state index contributed by atoms with van der Waals surface area (Å²) >= 11 is 0. The second-order valence-electron chi connectivity index (χ2n) is 5.64. The van der Waals surface area contributed by atoms with Crippen LogP contribution in [0, 0.1) is 13.8 Å². The highest BCUT2D eigenvalue weighted by Gasteiger charge is 2.16. The lowest BCUT2D eigenvalue weighted by molar-refractivity contribution is 0.0973. The van der Waals surface area contributed by atoms with Gasteiger partial charge in [0.05, 0.1) is 0 Å². The minimum absolute atomic E-state index is 0.206. The SMILES string of the molecule is C=CCC(CC(=O)c1cc(C)cc(C)c1)c1ccccc1. The maximum atomic E-state index is 12.6. The molecule has 21 heavy (non-hydrogen) atoms. The van der Waals surface area contributed by atoms with Crippen molar-refractivity contribution in [1.29, 1.82) is 0 Å². The first-order valence-corrected chi connectivity index (χ1v) is 7.37. The molecule has 0 radical (unpaired) electrons. The monoisotopic (exact) mass is 278 g/mol. The molecule has 2 rings (SSSR count). The Kier molecular flexibility index (Phi) is 5.10. The van der Waals surface area contributed by atoms with Gasteiger partial charge in [-0.2, -0.15) is 0 Å². The van der Waals surface area contributed by atoms with Crippen molar-refractivity contribution in [3.63, 3.8) is 0 Å². The van der Waals surface area contributed by atoms with E-state index in [1.54, 1.807) is 0 Å². The number of ketones is 1. The average Bonchev–Trinajstić information content (AvgIpc) is 2.46. The minimum atomic E-state index is 0.206. The van der Waals surface area contributed by atoms with E-state index in [4.69, 9.17) is 0 Å². The molecular formula is C20H22O. The average molecular weight is 278 g/mol. The molecule has 0 aliphatic heterocycles. The first-order chi connectivity index (χ1) is 10.1. The lowest BCUT2D eigenvalue weighted by Crippen LogP contribution is -2.08. The zero-order valence-corrected chi connectivity index (χ0v) is 12.8. The molecule has 2 aromatic carbocycles. The number of allylic oxidation sites excluding steroid dienone is 1. The number of carbonyl (C=O) groups is 1. The van der Waals surface area contributed by atoms with Crippen LogP contribution in [0.4, 0.5) is 0 Å². The lowest BCUT2D eigenvalue weighted by atomic mass is 9.88. The molecule has 2 aromatic rings. The van der Waals surface area contributed by atoms with Gasteiger partial charge in [0, 0.05) is 12.0 Å². The molecule has 0 N–H and O–H groups in total. The van der Waals surface area contributed by atoms with E-state index >= 15 is 0 Å². The van der Waals surface area contributed by atoms with E-state index in [1.807, 2.05) is 50.3 Å². The van der Waals surface area contributed by atoms with Gasteiger partial charge in [0.2, 0.25) is 0 Å². The van der Waals surface area contributed by atoms with Gasteiger partial charge in [0.15, 0.2) is 5.78 Å². The standard InChI is InChI=1S/C20H22O/c1-4-8-18(17-9-6-5-7-10-17)14-20(21)19-12-15(2)11-16(3)13-19/h4-7,9-13,18H,1,8,14H2,2-3H3. The van der Waals surface area contributed by atoms with Crippen molar-refractivity contribution >= 4 is 5.78 Å². The Labute approximate surface area is 127 Å². The quantitative estimate of drug-likeness (QED) is 0.522. The van der Waals surface area contributed by atoms with Crippen molar-refractivity contribution < 1.29 is 4.79 Å². The van der Waals surface area contributed by atoms with Gasteiger partial charge in [-0.3, -0.25) is 4.79 Å². The van der Waals surface area contributed by atoms with Gasteiger partial charge in [-0.05, 0) is 43.9 Å². The molecule has 0 aliphatic rings. The highest BCUT2D eigenvalue weighted by molar-refractivity contribution is 5.97. The van der Waals surface area contributed by atoms with Gasteiger partial charge in [0.1, 0.15) is 0 Å². The highest BCUT2D eigenvalue weighted by atomic mass is 16.1. The molecule has 0 aliphatic carbocycles. The Balaban J connectivity index is 2.20. The number of rotatable bonds is 6. The highest BCUT2D eigenvalue weighted by Crippen LogP contribution is 2.26. The molecule has 0 fully saturated rings. The second kappa shape index (κ2) is 7.03. The first-order valence-electron chi connectivity index (χ1n) is 7.37. The zero-order valence-electron chi connectivity index (χ0n) is 12.8. The summed E-state index contributed by atoms with van der Waals surface area (Å²) in [6, 6.07) is 16.3. The summed E-state index contributed by atoms with van der Waals surface area (Å²) in [5.74, 6) is 0.412. The Morgan fingerprint density at radius 3 is 2.29 bits per heavy atom. The van der Waals surface area contributed by atoms with Crippen molar-refractivity contribution in [1.82, 2.24) is 0 Å². The van der Waals surface area contributed by atoms with E-state index < -0.39 is 0 Å². The number of benzene rings is 2. The van der Waals surface area contributed by atoms with Gasteiger partial charge in [-0.25, -0.2) is 0 Å². The maximum Gasteiger partial charge on any atom is 0.163 e. The van der Waals surface area contributed by atoms with E-state index in [2.05, 4.69) is 24.8 Å². The molecule has 0 aromatic heterocycles. The molecule has 0 spiro atoms. The van der Waals surface area contributed by atoms with E-state index in [1.165, 1.54) is 5.56 Å². The molecule has 108 valence electrons. The van der Waals surface area contributed by atoms with Crippen molar-refractivity contribution in [2.24, 2.45) is 0 Å². The van der Waals surface area contributed by atoms with Gasteiger partial charge in [-0.1, -0.05) is 53.6 Å². The van der Waals surface area contributed by atoms with Gasteiger partial charge in [-0.15, -0.1) is 6.58 Å². The summed E-state index contributed by atoms with van der Waals surface area (Å²) in [6.07, 6.45) is 3.24. The molecule has 0 amide bonds. The molecule has 1 heteroatoms. The van der Waals surface area contributed by atoms with Gasteiger partial charge >= 0.3 is 0 Å². The van der Waals surface area contributed by atoms with Crippen molar-refractivity contribution in [2.75, 3.05) is 0 Å². The molecule has 0 saturated carbocycles. The maximum absolute atomic E-state index is 12.6. The number of aryl methyl sites for hydroxylation is 2. The van der Waals surface area contributed by atoms with Crippen LogP contribution >= 0.6 is 0 Å². The fraction of sp³-hybridized carbons (Fsp3) is 0.250. The second-order valence-corrected chi connectivity index (χ2v) is 5.64. The molecule has 1 unspecified atom stereocenters. The van der Waals surface area contributed by atoms with Crippen LogP contribution in [-0.2, 0) is 0 Å². The van der Waals surface area contributed by atoms with Crippen LogP contribution in [0.5, 0.6) is 0 Å². The molecular weight excluding hydrogens is 256 g/mol. The number of hydrogen-bond acceptors (Lipinski definition) is 1. The summed E-state index contributed by atoms with van der Waals surface area (Å²) in [5, 5.41) is 0. The number of hydrogen-bond donors (Lipinski definition) is 0. The third-order valence-corrected chi connectivity index (χ3v) is 3.70. The van der Waals surface area contributed by atoms with Crippen molar-refractivity contribution in [3.05, 3.63) is 83.4 Å². The summed E-state index contributed by atoms with van der Waals surface area (Å²) in [4.78, 5) is 12.6. The van der Waals surface area contributed by atoms with Crippen LogP contribution in [0.1, 0.15) is 45.8 Å². The number of Topliss-reactive ketones (excluding diaryl/α,β-unsaturated/α-hetero) is 1. The summed E-state index contributed by atoms with van der Waals surface area (Å²) in [6.45, 7) is 7.88. The van der Waals surface area contributed by atoms with Crippen LogP contribution in [0.3, 0.4) is 0 Å². The molecule has 1 atom stereocenters. The van der Waals surface area contributed by atoms with E-state index in [-0.39, 0.29) is 11.7 Å². The molecule has 0 heterocycles. The zero-order chi connectivity index (χ0) is 15.2. The van der Waals surface area contributed by atoms with Crippen LogP contribution < -0.4 is 0 Å². The van der Waals surface area contributed by atoms with Crippen LogP contribution in [-0.4, -0.2) is 5.78 Å². The Bertz CT molecular complexity index is 605. The van der Waals surface area contributed by atoms with E-state index in [9.17, 15) is 4.79 Å². The molecule has 1 nitrogen and oxygen atoms in total. The summed E-state index contributed by atoms with van der Waals surface area (Å²) in [5.41, 5.74) is 4.30. The third kappa shape index (κ3) is 4.16.